The van der Waals surface area contributed by atoms with Crippen molar-refractivity contribution in [3.8, 4) is 10.9 Å². The van der Waals surface area contributed by atoms with E-state index in [0.717, 1.165) is 35.4 Å². The zero-order valence-electron chi connectivity index (χ0n) is 17.4. The molecule has 3 atom stereocenters. The van der Waals surface area contributed by atoms with Gasteiger partial charge in [-0.25, -0.2) is 4.98 Å². The number of carbonyl (C=O) groups excluding carboxylic acids is 1. The Morgan fingerprint density at radius 3 is 2.53 bits per heavy atom. The Bertz CT molecular complexity index is 1020. The van der Waals surface area contributed by atoms with E-state index in [1.54, 1.807) is 6.92 Å². The van der Waals surface area contributed by atoms with E-state index in [4.69, 9.17) is 16.3 Å². The van der Waals surface area contributed by atoms with Crippen LogP contribution < -0.4 is 10.1 Å². The van der Waals surface area contributed by atoms with Gasteiger partial charge in [-0.2, -0.15) is 0 Å². The number of benzene rings is 2. The minimum Gasteiger partial charge on any atom is -0.431 e. The number of thiazole rings is 1. The van der Waals surface area contributed by atoms with Gasteiger partial charge >= 0.3 is 0 Å². The monoisotopic (exact) mass is 443 g/mol. The summed E-state index contributed by atoms with van der Waals surface area (Å²) in [7, 11) is 0. The van der Waals surface area contributed by atoms with Gasteiger partial charge in [-0.15, -0.1) is 0 Å². The van der Waals surface area contributed by atoms with Gasteiger partial charge in [0.1, 0.15) is 11.3 Å². The van der Waals surface area contributed by atoms with Crippen molar-refractivity contribution in [2.45, 2.75) is 58.3 Å². The molecule has 30 heavy (non-hydrogen) atoms. The van der Waals surface area contributed by atoms with Crippen molar-refractivity contribution in [2.75, 3.05) is 0 Å². The molecule has 2 unspecified atom stereocenters. The van der Waals surface area contributed by atoms with E-state index in [1.807, 2.05) is 30.3 Å². The average Bonchev–Trinajstić information content (AvgIpc) is 3.09. The van der Waals surface area contributed by atoms with Crippen LogP contribution in [0.2, 0.25) is 5.02 Å². The Morgan fingerprint density at radius 1 is 1.20 bits per heavy atom. The van der Waals surface area contributed by atoms with E-state index in [2.05, 4.69) is 41.2 Å². The second kappa shape index (κ2) is 8.92. The fraction of sp³-hybridized carbons (Fsp3) is 0.391. The number of nitrogens with zero attached hydrogens (tertiary/aromatic N) is 2. The van der Waals surface area contributed by atoms with Gasteiger partial charge in [0, 0.05) is 31.6 Å². The molecule has 0 aliphatic carbocycles. The average molecular weight is 444 g/mol. The molecule has 0 spiro atoms. The van der Waals surface area contributed by atoms with Crippen molar-refractivity contribution in [1.82, 2.24) is 15.2 Å². The van der Waals surface area contributed by atoms with Gasteiger partial charge in [0.05, 0.1) is 9.72 Å². The number of fused-ring (bicyclic) bond motifs is 1. The normalized spacial score (nSPS) is 22.2. The van der Waals surface area contributed by atoms with Crippen molar-refractivity contribution in [1.29, 1.82) is 0 Å². The standard InChI is InChI=1S/C23H26ClN3O2S/c1-14-11-18(25-16(3)28)12-15(2)27(14)13-17-7-9-19(10-8-17)29-23-26-22-20(24)5-4-6-21(22)30-23/h4-10,14-15,18H,11-13H2,1-3H3,(H,25,28)/t14-,15?,18?/m0/s1. The highest BCUT2D eigenvalue weighted by molar-refractivity contribution is 7.20. The number of carbonyl (C=O) groups is 1. The van der Waals surface area contributed by atoms with Gasteiger partial charge in [0.15, 0.2) is 0 Å². The number of amides is 1. The zero-order valence-corrected chi connectivity index (χ0v) is 19.0. The molecule has 1 aliphatic heterocycles. The van der Waals surface area contributed by atoms with Crippen LogP contribution in [0.15, 0.2) is 42.5 Å². The van der Waals surface area contributed by atoms with Crippen LogP contribution >= 0.6 is 22.9 Å². The van der Waals surface area contributed by atoms with Crippen LogP contribution in [-0.2, 0) is 11.3 Å². The topological polar surface area (TPSA) is 54.5 Å². The Balaban J connectivity index is 1.39. The molecule has 158 valence electrons. The van der Waals surface area contributed by atoms with E-state index in [1.165, 1.54) is 16.9 Å². The highest BCUT2D eigenvalue weighted by Gasteiger charge is 2.31. The number of ether oxygens (including phenoxy) is 1. The Morgan fingerprint density at radius 2 is 1.90 bits per heavy atom. The SMILES string of the molecule is CC(=O)NC1CC(C)N(Cc2ccc(Oc3nc4c(Cl)cccc4s3)cc2)[C@@H](C)C1. The molecule has 5 nitrogen and oxygen atoms in total. The second-order valence-electron chi connectivity index (χ2n) is 8.05. The minimum atomic E-state index is 0.0545. The first-order valence-corrected chi connectivity index (χ1v) is 11.4. The number of piperidine rings is 1. The van der Waals surface area contributed by atoms with E-state index in [9.17, 15) is 4.79 Å². The second-order valence-corrected chi connectivity index (χ2v) is 9.45. The summed E-state index contributed by atoms with van der Waals surface area (Å²) in [5.41, 5.74) is 2.02. The third-order valence-electron chi connectivity index (χ3n) is 5.63. The molecule has 7 heteroatoms. The molecule has 1 amide bonds. The number of para-hydroxylation sites is 1. The number of likely N-dealkylation sites (tertiary alicyclic amines) is 1. The third kappa shape index (κ3) is 4.77. The van der Waals surface area contributed by atoms with E-state index >= 15 is 0 Å². The van der Waals surface area contributed by atoms with Gasteiger partial charge in [-0.3, -0.25) is 9.69 Å². The molecule has 1 fully saturated rings. The summed E-state index contributed by atoms with van der Waals surface area (Å²) in [5, 5.41) is 4.30. The summed E-state index contributed by atoms with van der Waals surface area (Å²) in [5.74, 6) is 0.818. The van der Waals surface area contributed by atoms with Crippen LogP contribution in [0.3, 0.4) is 0 Å². The molecule has 2 aromatic carbocycles. The maximum absolute atomic E-state index is 11.4. The highest BCUT2D eigenvalue weighted by Crippen LogP contribution is 2.34. The molecular formula is C23H26ClN3O2S. The number of aromatic nitrogens is 1. The van der Waals surface area contributed by atoms with Gasteiger partial charge in [0.2, 0.25) is 5.91 Å². The summed E-state index contributed by atoms with van der Waals surface area (Å²) in [6.45, 7) is 6.95. The summed E-state index contributed by atoms with van der Waals surface area (Å²) < 4.78 is 6.97. The van der Waals surface area contributed by atoms with E-state index in [0.29, 0.717) is 22.3 Å². The molecule has 4 rings (SSSR count). The molecule has 1 N–H and O–H groups in total. The van der Waals surface area contributed by atoms with Crippen molar-refractivity contribution in [3.05, 3.63) is 53.1 Å². The number of hydrogen-bond donors (Lipinski definition) is 1. The van der Waals surface area contributed by atoms with Crippen LogP contribution in [0.4, 0.5) is 0 Å². The minimum absolute atomic E-state index is 0.0545. The molecule has 2 heterocycles. The molecule has 0 radical (unpaired) electrons. The van der Waals surface area contributed by atoms with Crippen molar-refractivity contribution in [2.24, 2.45) is 0 Å². The molecule has 3 aromatic rings. The maximum atomic E-state index is 11.4. The Hall–Kier alpha value is -2.15. The lowest BCUT2D eigenvalue weighted by atomic mass is 9.92. The van der Waals surface area contributed by atoms with Crippen molar-refractivity contribution in [3.63, 3.8) is 0 Å². The van der Waals surface area contributed by atoms with Gasteiger partial charge in [-0.1, -0.05) is 41.1 Å². The summed E-state index contributed by atoms with van der Waals surface area (Å²) >= 11 is 7.70. The van der Waals surface area contributed by atoms with Crippen molar-refractivity contribution >= 4 is 39.1 Å². The Kier molecular flexibility index (Phi) is 6.27. The van der Waals surface area contributed by atoms with Crippen molar-refractivity contribution < 1.29 is 9.53 Å². The molecule has 0 bridgehead atoms. The van der Waals surface area contributed by atoms with Crippen LogP contribution in [0.5, 0.6) is 10.9 Å². The molecule has 1 aliphatic rings. The first-order valence-electron chi connectivity index (χ1n) is 10.2. The number of hydrogen-bond acceptors (Lipinski definition) is 5. The molecular weight excluding hydrogens is 418 g/mol. The third-order valence-corrected chi connectivity index (χ3v) is 6.84. The Labute approximate surface area is 186 Å². The molecule has 0 saturated carbocycles. The molecule has 1 saturated heterocycles. The smallest absolute Gasteiger partial charge is 0.279 e. The fourth-order valence-electron chi connectivity index (χ4n) is 4.25. The predicted molar refractivity (Wildman–Crippen MR) is 122 cm³/mol. The van der Waals surface area contributed by atoms with Crippen LogP contribution in [0.25, 0.3) is 10.2 Å². The van der Waals surface area contributed by atoms with Gasteiger partial charge < -0.3 is 10.1 Å². The lowest BCUT2D eigenvalue weighted by molar-refractivity contribution is -0.120. The number of halogens is 1. The lowest BCUT2D eigenvalue weighted by Crippen LogP contribution is -2.52. The van der Waals surface area contributed by atoms with Crippen LogP contribution in [-0.4, -0.2) is 33.9 Å². The first-order chi connectivity index (χ1) is 14.4. The summed E-state index contributed by atoms with van der Waals surface area (Å²) in [6.07, 6.45) is 1.95. The van der Waals surface area contributed by atoms with Gasteiger partial charge in [0.25, 0.3) is 5.19 Å². The quantitative estimate of drug-likeness (QED) is 0.556. The predicted octanol–water partition coefficient (Wildman–Crippen LogP) is 5.62. The van der Waals surface area contributed by atoms with Crippen LogP contribution in [0, 0.1) is 0 Å². The number of rotatable bonds is 5. The highest BCUT2D eigenvalue weighted by atomic mass is 35.5. The maximum Gasteiger partial charge on any atom is 0.279 e. The number of nitrogens with one attached hydrogen (secondary N) is 1. The van der Waals surface area contributed by atoms with E-state index in [-0.39, 0.29) is 11.9 Å². The largest absolute Gasteiger partial charge is 0.431 e. The zero-order chi connectivity index (χ0) is 21.3. The molecule has 1 aromatic heterocycles. The fourth-order valence-corrected chi connectivity index (χ4v) is 5.39. The summed E-state index contributed by atoms with van der Waals surface area (Å²) in [6, 6.07) is 15.0. The van der Waals surface area contributed by atoms with Crippen LogP contribution in [0.1, 0.15) is 39.2 Å². The first kappa shape index (κ1) is 21.1. The van der Waals surface area contributed by atoms with Gasteiger partial charge in [-0.05, 0) is 56.5 Å². The summed E-state index contributed by atoms with van der Waals surface area (Å²) in [4.78, 5) is 18.4. The van der Waals surface area contributed by atoms with E-state index < -0.39 is 0 Å². The lowest BCUT2D eigenvalue weighted by Gasteiger charge is -2.42.